The number of hydrogen-bond donors (Lipinski definition) is 0. The molecule has 3 aliphatic rings. The van der Waals surface area contributed by atoms with E-state index >= 15 is 0 Å². The van der Waals surface area contributed by atoms with Gasteiger partial charge in [0.15, 0.2) is 0 Å². The SMILES string of the molecule is O=C(CSc1ccc2c(c1)CCC2)N1CCN(CC(=O)N2CCCC2)CC1. The van der Waals surface area contributed by atoms with E-state index in [4.69, 9.17) is 0 Å². The highest BCUT2D eigenvalue weighted by molar-refractivity contribution is 8.00. The van der Waals surface area contributed by atoms with Crippen molar-refractivity contribution >= 4 is 23.6 Å². The second-order valence-corrected chi connectivity index (χ2v) is 8.87. The van der Waals surface area contributed by atoms with E-state index in [0.29, 0.717) is 12.3 Å². The van der Waals surface area contributed by atoms with Crippen LogP contribution >= 0.6 is 11.8 Å². The summed E-state index contributed by atoms with van der Waals surface area (Å²) < 4.78 is 0. The molecule has 2 heterocycles. The summed E-state index contributed by atoms with van der Waals surface area (Å²) >= 11 is 1.65. The van der Waals surface area contributed by atoms with Gasteiger partial charge in [0.25, 0.3) is 0 Å². The lowest BCUT2D eigenvalue weighted by Crippen LogP contribution is -2.51. The number of rotatable bonds is 5. The second kappa shape index (κ2) is 8.65. The number of thioether (sulfide) groups is 1. The molecule has 146 valence electrons. The van der Waals surface area contributed by atoms with Gasteiger partial charge in [-0.05, 0) is 55.4 Å². The van der Waals surface area contributed by atoms with Crippen molar-refractivity contribution in [2.45, 2.75) is 37.0 Å². The molecule has 2 amide bonds. The van der Waals surface area contributed by atoms with Crippen LogP contribution in [0.25, 0.3) is 0 Å². The highest BCUT2D eigenvalue weighted by Gasteiger charge is 2.25. The summed E-state index contributed by atoms with van der Waals surface area (Å²) in [6.07, 6.45) is 5.90. The Morgan fingerprint density at radius 3 is 2.30 bits per heavy atom. The van der Waals surface area contributed by atoms with Gasteiger partial charge >= 0.3 is 0 Å². The molecule has 2 saturated heterocycles. The molecule has 0 N–H and O–H groups in total. The monoisotopic (exact) mass is 387 g/mol. The minimum absolute atomic E-state index is 0.214. The summed E-state index contributed by atoms with van der Waals surface area (Å²) in [6.45, 7) is 5.40. The summed E-state index contributed by atoms with van der Waals surface area (Å²) in [6, 6.07) is 6.65. The van der Waals surface area contributed by atoms with Gasteiger partial charge in [-0.1, -0.05) is 6.07 Å². The van der Waals surface area contributed by atoms with E-state index in [-0.39, 0.29) is 11.8 Å². The molecule has 0 atom stereocenters. The third-order valence-electron chi connectivity index (χ3n) is 5.97. The zero-order chi connectivity index (χ0) is 18.6. The van der Waals surface area contributed by atoms with Crippen molar-refractivity contribution < 1.29 is 9.59 Å². The van der Waals surface area contributed by atoms with Crippen molar-refractivity contribution in [2.75, 3.05) is 51.6 Å². The number of fused-ring (bicyclic) bond motifs is 1. The van der Waals surface area contributed by atoms with Gasteiger partial charge in [0.1, 0.15) is 0 Å². The molecule has 2 fully saturated rings. The van der Waals surface area contributed by atoms with Gasteiger partial charge in [-0.3, -0.25) is 14.5 Å². The maximum Gasteiger partial charge on any atom is 0.236 e. The van der Waals surface area contributed by atoms with Crippen LogP contribution in [0.15, 0.2) is 23.1 Å². The Balaban J connectivity index is 1.20. The van der Waals surface area contributed by atoms with E-state index in [1.807, 2.05) is 9.80 Å². The van der Waals surface area contributed by atoms with E-state index < -0.39 is 0 Å². The van der Waals surface area contributed by atoms with Gasteiger partial charge in [-0.25, -0.2) is 0 Å². The number of amides is 2. The molecule has 1 aliphatic carbocycles. The molecule has 0 saturated carbocycles. The summed E-state index contributed by atoms with van der Waals surface area (Å²) in [5.41, 5.74) is 2.94. The highest BCUT2D eigenvalue weighted by Crippen LogP contribution is 2.27. The van der Waals surface area contributed by atoms with Crippen molar-refractivity contribution in [1.29, 1.82) is 0 Å². The molecule has 1 aromatic rings. The number of nitrogens with zero attached hydrogens (tertiary/aromatic N) is 3. The molecule has 6 heteroatoms. The topological polar surface area (TPSA) is 43.9 Å². The minimum Gasteiger partial charge on any atom is -0.342 e. The third-order valence-corrected chi connectivity index (χ3v) is 6.95. The van der Waals surface area contributed by atoms with Crippen LogP contribution in [-0.4, -0.2) is 78.1 Å². The molecule has 0 spiro atoms. The first-order chi connectivity index (χ1) is 13.2. The Morgan fingerprint density at radius 1 is 0.815 bits per heavy atom. The number of piperazine rings is 1. The molecule has 0 radical (unpaired) electrons. The number of aryl methyl sites for hydroxylation is 2. The number of benzene rings is 1. The van der Waals surface area contributed by atoms with Gasteiger partial charge < -0.3 is 9.80 Å². The maximum atomic E-state index is 12.6. The molecule has 27 heavy (non-hydrogen) atoms. The van der Waals surface area contributed by atoms with Crippen molar-refractivity contribution in [1.82, 2.24) is 14.7 Å². The molecule has 0 unspecified atom stereocenters. The number of carbonyl (C=O) groups is 2. The van der Waals surface area contributed by atoms with Gasteiger partial charge in [0.2, 0.25) is 11.8 Å². The van der Waals surface area contributed by atoms with E-state index in [0.717, 1.165) is 52.1 Å². The fourth-order valence-corrected chi connectivity index (χ4v) is 5.15. The quantitative estimate of drug-likeness (QED) is 0.725. The van der Waals surface area contributed by atoms with Crippen molar-refractivity contribution in [3.8, 4) is 0 Å². The fraction of sp³-hybridized carbons (Fsp3) is 0.619. The predicted octanol–water partition coefficient (Wildman–Crippen LogP) is 2.03. The number of hydrogen-bond acceptors (Lipinski definition) is 4. The van der Waals surface area contributed by atoms with Crippen molar-refractivity contribution in [3.63, 3.8) is 0 Å². The summed E-state index contributed by atoms with van der Waals surface area (Å²) in [5.74, 6) is 0.969. The van der Waals surface area contributed by atoms with Gasteiger partial charge in [0, 0.05) is 44.2 Å². The average molecular weight is 388 g/mol. The predicted molar refractivity (Wildman–Crippen MR) is 108 cm³/mol. The molecule has 2 aliphatic heterocycles. The molecule has 1 aromatic carbocycles. The van der Waals surface area contributed by atoms with Crippen LogP contribution in [0.5, 0.6) is 0 Å². The standard InChI is InChI=1S/C21H29N3O2S/c25-20(23-8-1-2-9-23)15-22-10-12-24(13-11-22)21(26)16-27-19-7-6-17-4-3-5-18(17)14-19/h6-7,14H,1-5,8-13,15-16H2. The number of likely N-dealkylation sites (tertiary alicyclic amines) is 1. The van der Waals surface area contributed by atoms with Gasteiger partial charge in [0.05, 0.1) is 12.3 Å². The van der Waals surface area contributed by atoms with Gasteiger partial charge in [-0.2, -0.15) is 0 Å². The van der Waals surface area contributed by atoms with Crippen molar-refractivity contribution in [2.24, 2.45) is 0 Å². The molecule has 0 aromatic heterocycles. The van der Waals surface area contributed by atoms with Crippen LogP contribution in [0.1, 0.15) is 30.4 Å². The first-order valence-corrected chi connectivity index (χ1v) is 11.2. The largest absolute Gasteiger partial charge is 0.342 e. The minimum atomic E-state index is 0.214. The fourth-order valence-electron chi connectivity index (χ4n) is 4.29. The Morgan fingerprint density at radius 2 is 1.52 bits per heavy atom. The first kappa shape index (κ1) is 18.8. The smallest absolute Gasteiger partial charge is 0.236 e. The summed E-state index contributed by atoms with van der Waals surface area (Å²) in [5, 5.41) is 0. The molecule has 0 bridgehead atoms. The Labute approximate surface area is 166 Å². The van der Waals surface area contributed by atoms with E-state index in [1.54, 1.807) is 11.8 Å². The van der Waals surface area contributed by atoms with Crippen LogP contribution in [-0.2, 0) is 22.4 Å². The van der Waals surface area contributed by atoms with Crippen molar-refractivity contribution in [3.05, 3.63) is 29.3 Å². The lowest BCUT2D eigenvalue weighted by molar-refractivity contribution is -0.133. The molecular formula is C21H29N3O2S. The Hall–Kier alpha value is -1.53. The molecule has 5 nitrogen and oxygen atoms in total. The van der Waals surface area contributed by atoms with Crippen LogP contribution in [0, 0.1) is 0 Å². The lowest BCUT2D eigenvalue weighted by Gasteiger charge is -2.35. The average Bonchev–Trinajstić information content (AvgIpc) is 3.38. The van der Waals surface area contributed by atoms with Gasteiger partial charge in [-0.15, -0.1) is 11.8 Å². The normalized spacial score (nSPS) is 20.1. The summed E-state index contributed by atoms with van der Waals surface area (Å²) in [4.78, 5) is 32.2. The van der Waals surface area contributed by atoms with E-state index in [9.17, 15) is 9.59 Å². The Kier molecular flexibility index (Phi) is 6.03. The third kappa shape index (κ3) is 4.66. The van der Waals surface area contributed by atoms with E-state index in [1.165, 1.54) is 35.3 Å². The zero-order valence-corrected chi connectivity index (χ0v) is 16.8. The summed E-state index contributed by atoms with van der Waals surface area (Å²) in [7, 11) is 0. The second-order valence-electron chi connectivity index (χ2n) is 7.82. The maximum absolute atomic E-state index is 12.6. The van der Waals surface area contributed by atoms with E-state index in [2.05, 4.69) is 23.1 Å². The van der Waals surface area contributed by atoms with Crippen LogP contribution in [0.2, 0.25) is 0 Å². The first-order valence-electron chi connectivity index (χ1n) is 10.2. The number of carbonyl (C=O) groups excluding carboxylic acids is 2. The van der Waals surface area contributed by atoms with Crippen LogP contribution < -0.4 is 0 Å². The van der Waals surface area contributed by atoms with Crippen LogP contribution in [0.3, 0.4) is 0 Å². The van der Waals surface area contributed by atoms with Crippen LogP contribution in [0.4, 0.5) is 0 Å². The lowest BCUT2D eigenvalue weighted by atomic mass is 10.1. The molecular weight excluding hydrogens is 358 g/mol. The molecule has 4 rings (SSSR count). The Bertz CT molecular complexity index is 695. The highest BCUT2D eigenvalue weighted by atomic mass is 32.2. The zero-order valence-electron chi connectivity index (χ0n) is 16.0.